The Balaban J connectivity index is 2.68. The highest BCUT2D eigenvalue weighted by molar-refractivity contribution is 7.42. The third kappa shape index (κ3) is 4.73. The average Bonchev–Trinajstić information content (AvgIpc) is 2.83. The molecule has 0 bridgehead atoms. The van der Waals surface area contributed by atoms with Crippen LogP contribution in [0.4, 0.5) is 4.39 Å². The molecule has 3 N–H and O–H groups in total. The first-order valence-electron chi connectivity index (χ1n) is 11.9. The number of carboxylic acid groups (broad SMARTS) is 1. The number of pyridine rings is 1. The molecular weight excluding hydrogens is 492 g/mol. The molecule has 0 saturated heterocycles. The maximum Gasteiger partial charge on any atom is 0.335 e. The lowest BCUT2D eigenvalue weighted by Gasteiger charge is -2.40. The van der Waals surface area contributed by atoms with Gasteiger partial charge in [0, 0.05) is 11.1 Å². The van der Waals surface area contributed by atoms with Gasteiger partial charge in [0.2, 0.25) is 13.2 Å². The van der Waals surface area contributed by atoms with Crippen molar-refractivity contribution < 1.29 is 28.9 Å². The molecule has 0 spiro atoms. The number of nitrogens with zero attached hydrogens (tertiary/aromatic N) is 1. The van der Waals surface area contributed by atoms with Gasteiger partial charge in [0.15, 0.2) is 0 Å². The van der Waals surface area contributed by atoms with E-state index < -0.39 is 30.6 Å². The number of carbonyl (C=O) groups is 1. The van der Waals surface area contributed by atoms with E-state index in [1.807, 2.05) is 63.9 Å². The van der Waals surface area contributed by atoms with Gasteiger partial charge in [-0.25, -0.2) is 9.18 Å². The topological polar surface area (TPSA) is 108 Å². The van der Waals surface area contributed by atoms with Crippen LogP contribution < -0.4 is 0 Å². The Labute approximate surface area is 217 Å². The number of benzene rings is 2. The smallest absolute Gasteiger partial charge is 0.335 e. The lowest BCUT2D eigenvalue weighted by molar-refractivity contribution is -0.145. The summed E-state index contributed by atoms with van der Waals surface area (Å²) in [6, 6.07) is 14.9. The van der Waals surface area contributed by atoms with Crippen molar-refractivity contribution in [1.29, 1.82) is 0 Å². The summed E-state index contributed by atoms with van der Waals surface area (Å²) in [7, 11) is -4.05. The highest BCUT2D eigenvalue weighted by Gasteiger charge is 2.60. The Bertz CT molecular complexity index is 1360. The maximum atomic E-state index is 14.0. The van der Waals surface area contributed by atoms with Crippen LogP contribution in [0.25, 0.3) is 22.4 Å². The van der Waals surface area contributed by atoms with Crippen molar-refractivity contribution in [2.75, 3.05) is 0 Å². The molecule has 3 rings (SSSR count). The van der Waals surface area contributed by atoms with Gasteiger partial charge in [0.1, 0.15) is 11.4 Å². The summed E-state index contributed by atoms with van der Waals surface area (Å²) in [6.45, 7) is 8.62. The molecule has 0 aliphatic carbocycles. The Morgan fingerprint density at radius 1 is 1.03 bits per heavy atom. The molecular formula is C29H31FNO5P. The van der Waals surface area contributed by atoms with Crippen LogP contribution in [0.2, 0.25) is 0 Å². The van der Waals surface area contributed by atoms with Gasteiger partial charge in [-0.1, -0.05) is 76.1 Å². The van der Waals surface area contributed by atoms with Gasteiger partial charge in [-0.05, 0) is 47.6 Å². The van der Waals surface area contributed by atoms with Crippen LogP contribution in [0, 0.1) is 18.2 Å². The van der Waals surface area contributed by atoms with Crippen molar-refractivity contribution in [3.63, 3.8) is 0 Å². The zero-order chi connectivity index (χ0) is 27.7. The zero-order valence-electron chi connectivity index (χ0n) is 21.4. The van der Waals surface area contributed by atoms with Crippen LogP contribution in [0.5, 0.6) is 0 Å². The van der Waals surface area contributed by atoms with Crippen LogP contribution in [0.1, 0.15) is 63.3 Å². The van der Waals surface area contributed by atoms with E-state index in [0.29, 0.717) is 28.1 Å². The summed E-state index contributed by atoms with van der Waals surface area (Å²) in [6.07, 6.45) is 5.59. The van der Waals surface area contributed by atoms with Crippen LogP contribution in [-0.2, 0) is 15.0 Å². The molecule has 3 atom stereocenters. The predicted octanol–water partition coefficient (Wildman–Crippen LogP) is 5.93. The number of aliphatic hydroxyl groups is 1. The number of rotatable bonds is 8. The summed E-state index contributed by atoms with van der Waals surface area (Å²) in [5, 5.41) is 19.3. The Morgan fingerprint density at radius 3 is 2.03 bits per heavy atom. The molecule has 0 amide bonds. The first-order chi connectivity index (χ1) is 17.3. The third-order valence-corrected chi connectivity index (χ3v) is 8.13. The molecule has 3 unspecified atom stereocenters. The summed E-state index contributed by atoms with van der Waals surface area (Å²) in [5.41, 5.74) is 0.759. The van der Waals surface area contributed by atoms with Crippen molar-refractivity contribution >= 4 is 14.0 Å². The van der Waals surface area contributed by atoms with Crippen molar-refractivity contribution in [3.05, 3.63) is 77.2 Å². The molecule has 1 heterocycles. The fourth-order valence-electron chi connectivity index (χ4n) is 4.78. The van der Waals surface area contributed by atoms with Crippen molar-refractivity contribution in [2.24, 2.45) is 0 Å². The maximum absolute atomic E-state index is 14.0. The summed E-state index contributed by atoms with van der Waals surface area (Å²) < 4.78 is 26.6. The molecule has 0 saturated carbocycles. The minimum atomic E-state index is -4.05. The van der Waals surface area contributed by atoms with E-state index in [0.717, 1.165) is 12.5 Å². The number of aliphatic carboxylic acids is 1. The van der Waals surface area contributed by atoms with Crippen molar-refractivity contribution in [3.8, 4) is 34.7 Å². The summed E-state index contributed by atoms with van der Waals surface area (Å²) in [4.78, 5) is 27.7. The number of hydrogen-bond donors (Lipinski definition) is 3. The zero-order valence-corrected chi connectivity index (χ0v) is 22.4. The largest absolute Gasteiger partial charge is 0.480 e. The molecule has 0 aliphatic heterocycles. The summed E-state index contributed by atoms with van der Waals surface area (Å²) in [5.74, 6) is -0.884. The minimum absolute atomic E-state index is 0.0326. The number of aromatic nitrogens is 1. The Hall–Kier alpha value is -3.30. The molecule has 3 aromatic rings. The molecule has 8 heteroatoms. The van der Waals surface area contributed by atoms with E-state index in [9.17, 15) is 28.9 Å². The Morgan fingerprint density at radius 2 is 1.59 bits per heavy atom. The summed E-state index contributed by atoms with van der Waals surface area (Å²) >= 11 is 0. The van der Waals surface area contributed by atoms with Gasteiger partial charge in [-0.15, -0.1) is 6.42 Å². The molecule has 37 heavy (non-hydrogen) atoms. The molecule has 1 aromatic heterocycles. The van der Waals surface area contributed by atoms with Crippen LogP contribution in [0.15, 0.2) is 54.6 Å². The van der Waals surface area contributed by atoms with Gasteiger partial charge < -0.3 is 15.1 Å². The normalized spacial score (nSPS) is 15.6. The van der Waals surface area contributed by atoms with E-state index in [1.165, 1.54) is 24.3 Å². The minimum Gasteiger partial charge on any atom is -0.480 e. The fraction of sp³-hybridized carbons (Fsp3) is 0.310. The average molecular weight is 524 g/mol. The molecule has 0 fully saturated rings. The second-order valence-corrected chi connectivity index (χ2v) is 11.1. The van der Waals surface area contributed by atoms with Gasteiger partial charge >= 0.3 is 5.97 Å². The van der Waals surface area contributed by atoms with Crippen molar-refractivity contribution in [2.45, 2.75) is 57.2 Å². The van der Waals surface area contributed by atoms with Gasteiger partial charge in [-0.2, -0.15) is 0 Å². The molecule has 2 aromatic carbocycles. The molecule has 6 nitrogen and oxygen atoms in total. The number of terminal acetylenes is 1. The lowest BCUT2D eigenvalue weighted by atomic mass is 9.73. The number of carboxylic acids is 1. The third-order valence-electron chi connectivity index (χ3n) is 6.64. The van der Waals surface area contributed by atoms with E-state index in [1.54, 1.807) is 0 Å². The highest BCUT2D eigenvalue weighted by atomic mass is 31.1. The second kappa shape index (κ2) is 10.6. The number of hydrogen-bond acceptors (Lipinski definition) is 4. The van der Waals surface area contributed by atoms with E-state index in [2.05, 4.69) is 0 Å². The van der Waals surface area contributed by atoms with Crippen molar-refractivity contribution in [1.82, 2.24) is 4.98 Å². The van der Waals surface area contributed by atoms with E-state index >= 15 is 0 Å². The Kier molecular flexibility index (Phi) is 8.09. The van der Waals surface area contributed by atoms with E-state index in [4.69, 9.17) is 11.4 Å². The molecule has 0 radical (unpaired) electrons. The molecule has 194 valence electrons. The van der Waals surface area contributed by atoms with Gasteiger partial charge in [0.05, 0.1) is 11.4 Å². The van der Waals surface area contributed by atoms with Gasteiger partial charge in [0.25, 0.3) is 0 Å². The standard InChI is InChI=1S/C29H31FNO5P/c1-7-29(27(32)33,37(35)36)28(6,34)24-23(19-13-15-21(30)16-14-19)22(17(2)3)26(31-25(24)18(4)5)20-11-9-8-10-12-20/h1,8-18,34,37H,2-6H3,(H,32,33)(H,35,36). The lowest BCUT2D eigenvalue weighted by Crippen LogP contribution is -2.53. The molecule has 0 aliphatic rings. The van der Waals surface area contributed by atoms with Crippen LogP contribution in [0.3, 0.4) is 0 Å². The first kappa shape index (κ1) is 28.3. The first-order valence-corrected chi connectivity index (χ1v) is 13.2. The fourth-order valence-corrected chi connectivity index (χ4v) is 5.63. The SMILES string of the molecule is C#CC(C(=O)O)([PH](=O)O)C(C)(O)c1c(C(C)C)nc(-c2ccccc2)c(C(C)C)c1-c1ccc(F)cc1. The highest BCUT2D eigenvalue weighted by Crippen LogP contribution is 2.54. The predicted molar refractivity (Wildman–Crippen MR) is 143 cm³/mol. The van der Waals surface area contributed by atoms with Crippen LogP contribution in [-0.4, -0.2) is 31.2 Å². The van der Waals surface area contributed by atoms with Crippen LogP contribution >= 0.6 is 8.03 Å². The number of halogens is 1. The van der Waals surface area contributed by atoms with E-state index in [-0.39, 0.29) is 17.4 Å². The van der Waals surface area contributed by atoms with Gasteiger partial charge in [-0.3, -0.25) is 9.55 Å². The second-order valence-electron chi connectivity index (χ2n) is 9.77. The monoisotopic (exact) mass is 523 g/mol. The quantitative estimate of drug-likeness (QED) is 0.249.